The first kappa shape index (κ1) is 21.7. The van der Waals surface area contributed by atoms with Crippen LogP contribution >= 0.6 is 22.9 Å². The first-order chi connectivity index (χ1) is 17.1. The van der Waals surface area contributed by atoms with Crippen LogP contribution in [-0.2, 0) is 27.9 Å². The van der Waals surface area contributed by atoms with Crippen molar-refractivity contribution in [2.45, 2.75) is 44.6 Å². The van der Waals surface area contributed by atoms with Gasteiger partial charge in [0.2, 0.25) is 5.91 Å². The van der Waals surface area contributed by atoms with Crippen LogP contribution in [0, 0.1) is 12.8 Å². The van der Waals surface area contributed by atoms with Crippen LogP contribution in [0.4, 0.5) is 0 Å². The van der Waals surface area contributed by atoms with Gasteiger partial charge in [0.05, 0.1) is 18.9 Å². The molecule has 35 heavy (non-hydrogen) atoms. The van der Waals surface area contributed by atoms with E-state index in [1.807, 2.05) is 30.0 Å². The topological polar surface area (TPSA) is 72.6 Å². The molecule has 180 valence electrons. The van der Waals surface area contributed by atoms with E-state index in [4.69, 9.17) is 21.3 Å². The molecule has 2 aromatic heterocycles. The number of rotatable bonds is 2. The standard InChI is InChI=1S/C26H26ClN5O2S/c1-15-29-30-25-26(7-4-8-26)28-22(17-5-2-3-6-19(17)27)21-18-13-16(14-20(18)35-24(21)32(15)25)23(33)31-9-11-34-12-10-31/h2-3,5-6,16H,4,7-14H2,1H3/t16-/m0/s1. The summed E-state index contributed by atoms with van der Waals surface area (Å²) in [6.07, 6.45) is 4.51. The van der Waals surface area contributed by atoms with Crippen molar-refractivity contribution in [3.8, 4) is 5.00 Å². The molecule has 7 rings (SSSR count). The number of morpholine rings is 1. The smallest absolute Gasteiger partial charge is 0.226 e. The highest BCUT2D eigenvalue weighted by molar-refractivity contribution is 7.15. The van der Waals surface area contributed by atoms with Crippen molar-refractivity contribution in [2.24, 2.45) is 10.9 Å². The Morgan fingerprint density at radius 2 is 1.97 bits per heavy atom. The third-order valence-corrected chi connectivity index (χ3v) is 9.51. The van der Waals surface area contributed by atoms with E-state index < -0.39 is 0 Å². The second-order valence-electron chi connectivity index (χ2n) is 9.96. The molecule has 4 aliphatic rings. The molecule has 1 saturated carbocycles. The third-order valence-electron chi connectivity index (χ3n) is 7.94. The molecule has 1 aromatic carbocycles. The SMILES string of the molecule is Cc1nnc2n1-c1sc3c(c1C(c1ccccc1Cl)=NC21CCC1)C[C@H](C(=O)N1CCOCC1)C3. The highest BCUT2D eigenvalue weighted by Crippen LogP contribution is 2.51. The van der Waals surface area contributed by atoms with E-state index in [9.17, 15) is 4.79 Å². The Morgan fingerprint density at radius 1 is 1.17 bits per heavy atom. The molecule has 0 unspecified atom stereocenters. The largest absolute Gasteiger partial charge is 0.378 e. The van der Waals surface area contributed by atoms with Crippen molar-refractivity contribution in [3.63, 3.8) is 0 Å². The molecule has 0 N–H and O–H groups in total. The number of halogens is 1. The lowest BCUT2D eigenvalue weighted by Gasteiger charge is -2.36. The summed E-state index contributed by atoms with van der Waals surface area (Å²) in [6, 6.07) is 7.97. The summed E-state index contributed by atoms with van der Waals surface area (Å²) in [4.78, 5) is 22.1. The zero-order valence-electron chi connectivity index (χ0n) is 19.6. The summed E-state index contributed by atoms with van der Waals surface area (Å²) in [7, 11) is 0. The lowest BCUT2D eigenvalue weighted by molar-refractivity contribution is -0.139. The van der Waals surface area contributed by atoms with Crippen molar-refractivity contribution < 1.29 is 9.53 Å². The quantitative estimate of drug-likeness (QED) is 0.523. The van der Waals surface area contributed by atoms with Crippen LogP contribution in [0.1, 0.15) is 52.5 Å². The second kappa shape index (κ2) is 7.98. The van der Waals surface area contributed by atoms with Gasteiger partial charge in [-0.25, -0.2) is 0 Å². The van der Waals surface area contributed by atoms with Crippen molar-refractivity contribution in [1.82, 2.24) is 19.7 Å². The summed E-state index contributed by atoms with van der Waals surface area (Å²) in [5.41, 5.74) is 3.87. The summed E-state index contributed by atoms with van der Waals surface area (Å²) in [5.74, 6) is 2.02. The lowest BCUT2D eigenvalue weighted by Crippen LogP contribution is -2.44. The molecule has 1 saturated heterocycles. The number of ether oxygens (including phenoxy) is 1. The minimum absolute atomic E-state index is 0.0328. The van der Waals surface area contributed by atoms with Gasteiger partial charge in [0.1, 0.15) is 16.4 Å². The monoisotopic (exact) mass is 507 g/mol. The van der Waals surface area contributed by atoms with Gasteiger partial charge in [-0.05, 0) is 50.7 Å². The second-order valence-corrected chi connectivity index (χ2v) is 11.4. The fourth-order valence-electron chi connectivity index (χ4n) is 5.96. The molecule has 1 atom stereocenters. The van der Waals surface area contributed by atoms with Crippen LogP contribution in [0.25, 0.3) is 5.00 Å². The molecule has 9 heteroatoms. The Hall–Kier alpha value is -2.55. The molecular formula is C26H26ClN5O2S. The third kappa shape index (κ3) is 3.19. The summed E-state index contributed by atoms with van der Waals surface area (Å²) < 4.78 is 7.69. The van der Waals surface area contributed by atoms with Crippen LogP contribution < -0.4 is 0 Å². The van der Waals surface area contributed by atoms with E-state index in [1.54, 1.807) is 11.3 Å². The number of aromatic nitrogens is 3. The van der Waals surface area contributed by atoms with E-state index in [0.29, 0.717) is 31.3 Å². The fraction of sp³-hybridized carbons (Fsp3) is 0.462. The highest BCUT2D eigenvalue weighted by atomic mass is 35.5. The Kier molecular flexibility index (Phi) is 4.95. The predicted octanol–water partition coefficient (Wildman–Crippen LogP) is 4.09. The van der Waals surface area contributed by atoms with Gasteiger partial charge in [0, 0.05) is 40.0 Å². The molecule has 0 bridgehead atoms. The van der Waals surface area contributed by atoms with Crippen LogP contribution in [0.15, 0.2) is 29.3 Å². The van der Waals surface area contributed by atoms with Crippen LogP contribution in [0.2, 0.25) is 5.02 Å². The number of hydrogen-bond donors (Lipinski definition) is 0. The molecule has 4 heterocycles. The number of nitrogens with zero attached hydrogens (tertiary/aromatic N) is 5. The lowest BCUT2D eigenvalue weighted by atomic mass is 9.76. The fourth-order valence-corrected chi connectivity index (χ4v) is 7.64. The molecule has 1 amide bonds. The van der Waals surface area contributed by atoms with E-state index in [2.05, 4.69) is 20.8 Å². The van der Waals surface area contributed by atoms with Gasteiger partial charge >= 0.3 is 0 Å². The van der Waals surface area contributed by atoms with Crippen molar-refractivity contribution in [1.29, 1.82) is 0 Å². The number of fused-ring (bicyclic) bond motifs is 6. The number of carbonyl (C=O) groups excluding carboxylic acids is 1. The Labute approximate surface area is 212 Å². The van der Waals surface area contributed by atoms with Crippen LogP contribution in [0.3, 0.4) is 0 Å². The van der Waals surface area contributed by atoms with Crippen molar-refractivity contribution in [2.75, 3.05) is 26.3 Å². The minimum atomic E-state index is -0.372. The van der Waals surface area contributed by atoms with Gasteiger partial charge < -0.3 is 9.64 Å². The molecule has 2 fully saturated rings. The van der Waals surface area contributed by atoms with Crippen molar-refractivity contribution in [3.05, 3.63) is 62.5 Å². The van der Waals surface area contributed by atoms with E-state index >= 15 is 0 Å². The van der Waals surface area contributed by atoms with E-state index in [-0.39, 0.29) is 17.4 Å². The van der Waals surface area contributed by atoms with Gasteiger partial charge in [-0.1, -0.05) is 29.8 Å². The number of carbonyl (C=O) groups is 1. The summed E-state index contributed by atoms with van der Waals surface area (Å²) in [6.45, 7) is 4.62. The van der Waals surface area contributed by atoms with Gasteiger partial charge in [0.15, 0.2) is 5.82 Å². The molecule has 2 aliphatic heterocycles. The molecule has 0 radical (unpaired) electrons. The summed E-state index contributed by atoms with van der Waals surface area (Å²) >= 11 is 8.53. The average molecular weight is 508 g/mol. The Morgan fingerprint density at radius 3 is 2.71 bits per heavy atom. The first-order valence-corrected chi connectivity index (χ1v) is 13.5. The minimum Gasteiger partial charge on any atom is -0.378 e. The van der Waals surface area contributed by atoms with Crippen LogP contribution in [0.5, 0.6) is 0 Å². The number of thiophene rings is 1. The highest BCUT2D eigenvalue weighted by Gasteiger charge is 2.48. The Balaban J connectivity index is 1.39. The van der Waals surface area contributed by atoms with Gasteiger partial charge in [0.25, 0.3) is 0 Å². The maximum atomic E-state index is 13.4. The zero-order chi connectivity index (χ0) is 23.7. The maximum absolute atomic E-state index is 13.4. The van der Waals surface area contributed by atoms with Gasteiger partial charge in [-0.3, -0.25) is 14.4 Å². The number of aryl methyl sites for hydroxylation is 1. The van der Waals surface area contributed by atoms with Crippen molar-refractivity contribution >= 4 is 34.6 Å². The zero-order valence-corrected chi connectivity index (χ0v) is 21.2. The molecule has 7 nitrogen and oxygen atoms in total. The maximum Gasteiger partial charge on any atom is 0.226 e. The Bertz CT molecular complexity index is 1380. The predicted molar refractivity (Wildman–Crippen MR) is 135 cm³/mol. The number of benzene rings is 1. The number of aliphatic imine (C=N–C) groups is 1. The number of hydrogen-bond acceptors (Lipinski definition) is 6. The number of amides is 1. The first-order valence-electron chi connectivity index (χ1n) is 12.3. The van der Waals surface area contributed by atoms with Crippen LogP contribution in [-0.4, -0.2) is 57.6 Å². The van der Waals surface area contributed by atoms with Gasteiger partial charge in [-0.2, -0.15) is 0 Å². The molecule has 3 aromatic rings. The van der Waals surface area contributed by atoms with E-state index in [0.717, 1.165) is 65.6 Å². The van der Waals surface area contributed by atoms with E-state index in [1.165, 1.54) is 10.4 Å². The summed E-state index contributed by atoms with van der Waals surface area (Å²) in [5, 5.41) is 10.9. The average Bonchev–Trinajstić information content (AvgIpc) is 3.50. The van der Waals surface area contributed by atoms with Gasteiger partial charge in [-0.15, -0.1) is 21.5 Å². The molecule has 1 spiro atoms. The molecule has 2 aliphatic carbocycles. The normalized spacial score (nSPS) is 22.2. The molecular weight excluding hydrogens is 482 g/mol.